The highest BCUT2D eigenvalue weighted by Gasteiger charge is 2.36. The number of alkyl halides is 1. The number of piperidine rings is 2. The number of aldehydes is 1. The molecule has 0 unspecified atom stereocenters. The molecule has 2 aromatic rings. The normalized spacial score (nSPS) is 19.2. The second kappa shape index (κ2) is 13.7. The Morgan fingerprint density at radius 2 is 1.74 bits per heavy atom. The lowest BCUT2D eigenvalue weighted by Crippen LogP contribution is -2.55. The number of benzene rings is 2. The Balaban J connectivity index is 1.34. The molecule has 11 heteroatoms. The minimum atomic E-state index is -1.32. The largest absolute Gasteiger partial charge is 0.387 e. The van der Waals surface area contributed by atoms with E-state index in [2.05, 4.69) is 14.6 Å². The van der Waals surface area contributed by atoms with Crippen LogP contribution in [0.2, 0.25) is 5.02 Å². The monoisotopic (exact) mass is 618 g/mol. The van der Waals surface area contributed by atoms with Gasteiger partial charge in [-0.05, 0) is 98.0 Å². The van der Waals surface area contributed by atoms with Crippen molar-refractivity contribution in [1.29, 1.82) is 0 Å². The van der Waals surface area contributed by atoms with E-state index in [9.17, 15) is 23.5 Å². The molecule has 226 valence electrons. The smallest absolute Gasteiger partial charge is 0.253 e. The minimum Gasteiger partial charge on any atom is -0.387 e. The van der Waals surface area contributed by atoms with Gasteiger partial charge >= 0.3 is 0 Å². The summed E-state index contributed by atoms with van der Waals surface area (Å²) in [6.45, 7) is 5.15. The Kier molecular flexibility index (Phi) is 10.5. The number of aliphatic hydroxyl groups is 1. The third-order valence-electron chi connectivity index (χ3n) is 8.14. The average Bonchev–Trinajstić information content (AvgIpc) is 2.99. The molecule has 4 rings (SSSR count). The molecule has 2 fully saturated rings. The summed E-state index contributed by atoms with van der Waals surface area (Å²) in [5, 5.41) is 15.4. The summed E-state index contributed by atoms with van der Waals surface area (Å²) in [5.41, 5.74) is 2.08. The summed E-state index contributed by atoms with van der Waals surface area (Å²) in [5.74, 6) is -0.132. The molecule has 1 amide bonds. The van der Waals surface area contributed by atoms with Crippen molar-refractivity contribution in [2.45, 2.75) is 50.7 Å². The zero-order valence-corrected chi connectivity index (χ0v) is 25.7. The molecule has 2 aliphatic rings. The Bertz CT molecular complexity index is 1350. The topological polar surface area (TPSA) is 85.2 Å². The molecule has 2 aromatic carbocycles. The van der Waals surface area contributed by atoms with Gasteiger partial charge in [-0.2, -0.15) is 0 Å². The molecular formula is C31H37ClF2N4O3S. The van der Waals surface area contributed by atoms with E-state index in [1.165, 1.54) is 12.1 Å². The number of amidine groups is 1. The van der Waals surface area contributed by atoms with Crippen LogP contribution in [0.4, 0.5) is 8.78 Å². The van der Waals surface area contributed by atoms with Crippen molar-refractivity contribution >= 4 is 47.7 Å². The standard InChI is InChI=1S/C31H37ClF2N4O3S/c1-21-16-24(29(40)37-11-9-31(41,19-33)10-12-37)17-22(2)25(21)6-15-42-38-13-7-30(20-39,8-14-38)36-28(35-3)23-4-5-27(34)26(32)18-23/h4-6,15-18,20,41H,7-14,19H2,1-3H3,(H,35,36)/b15-6+. The van der Waals surface area contributed by atoms with Gasteiger partial charge in [0.2, 0.25) is 0 Å². The van der Waals surface area contributed by atoms with E-state index >= 15 is 0 Å². The number of halogens is 3. The van der Waals surface area contributed by atoms with Crippen LogP contribution < -0.4 is 5.32 Å². The zero-order valence-electron chi connectivity index (χ0n) is 24.1. The zero-order chi connectivity index (χ0) is 30.5. The molecule has 0 atom stereocenters. The molecule has 0 saturated carbocycles. The minimum absolute atomic E-state index is 0.00398. The van der Waals surface area contributed by atoms with Crippen molar-refractivity contribution < 1.29 is 23.5 Å². The Hall–Kier alpha value is -2.79. The summed E-state index contributed by atoms with van der Waals surface area (Å²) in [6.07, 6.45) is 4.58. The molecule has 0 aliphatic carbocycles. The predicted molar refractivity (Wildman–Crippen MR) is 165 cm³/mol. The second-order valence-electron chi connectivity index (χ2n) is 11.1. The van der Waals surface area contributed by atoms with Gasteiger partial charge in [-0.3, -0.25) is 9.79 Å². The third-order valence-corrected chi connectivity index (χ3v) is 9.35. The van der Waals surface area contributed by atoms with Gasteiger partial charge in [-0.25, -0.2) is 13.1 Å². The number of hydrogen-bond donors (Lipinski definition) is 2. The van der Waals surface area contributed by atoms with Gasteiger partial charge in [0.05, 0.1) is 16.2 Å². The number of likely N-dealkylation sites (tertiary alicyclic amines) is 1. The van der Waals surface area contributed by atoms with Crippen LogP contribution in [0.5, 0.6) is 0 Å². The maximum atomic E-state index is 13.6. The van der Waals surface area contributed by atoms with Crippen LogP contribution in [0, 0.1) is 19.7 Å². The van der Waals surface area contributed by atoms with Gasteiger partial charge in [0.25, 0.3) is 5.91 Å². The summed E-state index contributed by atoms with van der Waals surface area (Å²) in [6, 6.07) is 8.11. The lowest BCUT2D eigenvalue weighted by atomic mass is 9.89. The van der Waals surface area contributed by atoms with Crippen LogP contribution in [0.3, 0.4) is 0 Å². The van der Waals surface area contributed by atoms with E-state index in [4.69, 9.17) is 11.6 Å². The van der Waals surface area contributed by atoms with Crippen molar-refractivity contribution in [3.63, 3.8) is 0 Å². The number of nitrogens with zero attached hydrogens (tertiary/aromatic N) is 3. The van der Waals surface area contributed by atoms with E-state index in [0.29, 0.717) is 56.0 Å². The molecule has 42 heavy (non-hydrogen) atoms. The van der Waals surface area contributed by atoms with Crippen molar-refractivity contribution in [2.75, 3.05) is 39.9 Å². The third kappa shape index (κ3) is 7.40. The molecule has 7 nitrogen and oxygen atoms in total. The first-order chi connectivity index (χ1) is 20.0. The number of hydrogen-bond acceptors (Lipinski definition) is 6. The predicted octanol–water partition coefficient (Wildman–Crippen LogP) is 5.35. The average molecular weight is 619 g/mol. The molecule has 0 spiro atoms. The second-order valence-corrected chi connectivity index (χ2v) is 12.5. The molecule has 2 saturated heterocycles. The van der Waals surface area contributed by atoms with Gasteiger partial charge in [-0.1, -0.05) is 23.5 Å². The van der Waals surface area contributed by atoms with Crippen molar-refractivity contribution in [1.82, 2.24) is 14.5 Å². The van der Waals surface area contributed by atoms with Crippen LogP contribution in [0.1, 0.15) is 58.3 Å². The first kappa shape index (κ1) is 32.1. The fourth-order valence-corrected chi connectivity index (χ4v) is 6.33. The molecule has 2 aliphatic heterocycles. The van der Waals surface area contributed by atoms with Crippen molar-refractivity contribution in [2.24, 2.45) is 4.99 Å². The first-order valence-electron chi connectivity index (χ1n) is 14.0. The molecule has 2 N–H and O–H groups in total. The van der Waals surface area contributed by atoms with Gasteiger partial charge < -0.3 is 20.1 Å². The van der Waals surface area contributed by atoms with Gasteiger partial charge in [0.15, 0.2) is 0 Å². The van der Waals surface area contributed by atoms with Crippen LogP contribution in [0.25, 0.3) is 6.08 Å². The number of nitrogens with one attached hydrogen (secondary N) is 1. The maximum Gasteiger partial charge on any atom is 0.253 e. The number of rotatable bonds is 8. The lowest BCUT2D eigenvalue weighted by Gasteiger charge is -2.38. The Labute approximate surface area is 255 Å². The molecule has 0 aromatic heterocycles. The SMILES string of the molecule is CN=C(NC1(C=O)CCN(S/C=C/c2c(C)cc(C(=O)N3CCC(O)(CF)CC3)cc2C)CC1)c1ccc(F)c(Cl)c1. The molecule has 0 bridgehead atoms. The van der Waals surface area contributed by atoms with Crippen molar-refractivity contribution in [3.8, 4) is 0 Å². The number of aliphatic imine (C=N–C) groups is 1. The number of carbonyl (C=O) groups excluding carboxylic acids is 2. The Morgan fingerprint density at radius 3 is 2.29 bits per heavy atom. The van der Waals surface area contributed by atoms with Crippen molar-refractivity contribution in [3.05, 3.63) is 74.4 Å². The van der Waals surface area contributed by atoms with Gasteiger partial charge in [0.1, 0.15) is 24.6 Å². The number of aryl methyl sites for hydroxylation is 2. The van der Waals surface area contributed by atoms with E-state index in [1.54, 1.807) is 30.0 Å². The van der Waals surface area contributed by atoms with Gasteiger partial charge in [0, 0.05) is 44.4 Å². The number of carbonyl (C=O) groups is 2. The van der Waals surface area contributed by atoms with Crippen LogP contribution in [0.15, 0.2) is 40.7 Å². The number of amides is 1. The van der Waals surface area contributed by atoms with Crippen LogP contribution >= 0.6 is 23.5 Å². The van der Waals surface area contributed by atoms with Crippen LogP contribution in [-0.2, 0) is 4.79 Å². The Morgan fingerprint density at radius 1 is 1.10 bits per heavy atom. The quantitative estimate of drug-likeness (QED) is 0.180. The summed E-state index contributed by atoms with van der Waals surface area (Å²) >= 11 is 7.52. The summed E-state index contributed by atoms with van der Waals surface area (Å²) in [4.78, 5) is 31.2. The van der Waals surface area contributed by atoms with E-state index in [-0.39, 0.29) is 23.8 Å². The molecular weight excluding hydrogens is 582 g/mol. The van der Waals surface area contributed by atoms with E-state index in [1.807, 2.05) is 37.5 Å². The van der Waals surface area contributed by atoms with E-state index < -0.39 is 23.6 Å². The summed E-state index contributed by atoms with van der Waals surface area (Å²) in [7, 11) is 1.61. The summed E-state index contributed by atoms with van der Waals surface area (Å²) < 4.78 is 28.9. The first-order valence-corrected chi connectivity index (χ1v) is 15.2. The molecule has 2 heterocycles. The van der Waals surface area contributed by atoms with E-state index in [0.717, 1.165) is 23.0 Å². The fourth-order valence-electron chi connectivity index (χ4n) is 5.39. The fraction of sp³-hybridized carbons (Fsp3) is 0.452. The highest BCUT2D eigenvalue weighted by molar-refractivity contribution is 8.00. The highest BCUT2D eigenvalue weighted by Crippen LogP contribution is 2.29. The lowest BCUT2D eigenvalue weighted by molar-refractivity contribution is -0.114. The van der Waals surface area contributed by atoms with Crippen LogP contribution in [-0.4, -0.2) is 83.4 Å². The highest BCUT2D eigenvalue weighted by atomic mass is 35.5. The van der Waals surface area contributed by atoms with Gasteiger partial charge in [-0.15, -0.1) is 0 Å². The maximum absolute atomic E-state index is 13.6. The molecule has 0 radical (unpaired) electrons.